The van der Waals surface area contributed by atoms with E-state index < -0.39 is 40.2 Å². The summed E-state index contributed by atoms with van der Waals surface area (Å²) in [5.74, 6) is 1.55. The number of fused-ring (bicyclic) bond motifs is 3. The standard InChI is InChI=1S/C12H8Cl2OSi.C10H7Cl2NSi.C8H8Cl2Si.C5H10Cl2Si.C4H8Cl2Si.C3H6Cl2Si/c13-16(14)11-7-3-1-5-9(11)15-10-6-2-4-8-12(10)16;11-14(12)6-7-4-5-13-8-2-1-3-9(14)10(7)8;9-11(10)5-7-3-1-2-4-8(7)6-11;6-8(7)4-2-1-3-5-8;5-7(6)3-1-2-4-7;4-6(5)2-1-3-6/h1-8H;1-5H,6H2;1-4H,5-6H2;1-5H2;1-4H2;1-3H2. The number of hydrogen-bond acceptors (Lipinski definition) is 2. The normalized spacial score (nSPS) is 21.2. The van der Waals surface area contributed by atoms with Crippen LogP contribution in [0.5, 0.6) is 11.5 Å². The van der Waals surface area contributed by atoms with Crippen LogP contribution < -0.4 is 20.3 Å². The third kappa shape index (κ3) is 14.7. The van der Waals surface area contributed by atoms with E-state index in [1.807, 2.05) is 91.1 Å². The Kier molecular flexibility index (Phi) is 19.0. The smallest absolute Gasteiger partial charge is 0.317 e. The van der Waals surface area contributed by atoms with Crippen molar-refractivity contribution in [3.05, 3.63) is 120 Å². The summed E-state index contributed by atoms with van der Waals surface area (Å²) in [7, 11) is 0. The number of hydrogen-bond donors (Lipinski definition) is 0. The van der Waals surface area contributed by atoms with E-state index in [9.17, 15) is 0 Å². The highest BCUT2D eigenvalue weighted by Gasteiger charge is 2.43. The minimum Gasteiger partial charge on any atom is -0.457 e. The van der Waals surface area contributed by atoms with Crippen LogP contribution in [0.2, 0.25) is 36.3 Å². The van der Waals surface area contributed by atoms with Crippen molar-refractivity contribution in [3.63, 3.8) is 0 Å². The van der Waals surface area contributed by atoms with Gasteiger partial charge in [-0.3, -0.25) is 4.98 Å². The van der Waals surface area contributed by atoms with Gasteiger partial charge in [-0.25, -0.2) is 0 Å². The van der Waals surface area contributed by atoms with Gasteiger partial charge in [-0.1, -0.05) is 111 Å². The third-order valence-corrected chi connectivity index (χ3v) is 36.7. The zero-order valence-corrected chi connectivity index (χ0v) is 48.9. The van der Waals surface area contributed by atoms with E-state index in [1.165, 1.54) is 60.6 Å². The summed E-state index contributed by atoms with van der Waals surface area (Å²) in [6, 6.07) is 41.1. The Labute approximate surface area is 428 Å². The first kappa shape index (κ1) is 52.2. The minimum absolute atomic E-state index is 0.776. The molecule has 0 spiro atoms. The number of nitrogens with zero attached hydrogens (tertiary/aromatic N) is 1. The van der Waals surface area contributed by atoms with Gasteiger partial charge in [0.05, 0.1) is 5.52 Å². The molecule has 0 saturated carbocycles. The van der Waals surface area contributed by atoms with Crippen LogP contribution in [0.25, 0.3) is 10.9 Å². The molecule has 0 aliphatic carbocycles. The summed E-state index contributed by atoms with van der Waals surface area (Å²) in [4.78, 5) is 4.31. The Morgan fingerprint density at radius 2 is 0.823 bits per heavy atom. The maximum absolute atomic E-state index is 6.56. The number of pyridine rings is 1. The summed E-state index contributed by atoms with van der Waals surface area (Å²) in [6.07, 6.45) is 9.48. The van der Waals surface area contributed by atoms with Gasteiger partial charge in [-0.05, 0) is 101 Å². The number of rotatable bonds is 0. The van der Waals surface area contributed by atoms with E-state index in [0.717, 1.165) is 87.0 Å². The van der Waals surface area contributed by atoms with Crippen LogP contribution in [-0.2, 0) is 18.1 Å². The first-order chi connectivity index (χ1) is 29.2. The maximum Gasteiger partial charge on any atom is 0.317 e. The quantitative estimate of drug-likeness (QED) is 0.114. The molecule has 0 radical (unpaired) electrons. The van der Waals surface area contributed by atoms with E-state index >= 15 is 0 Å². The summed E-state index contributed by atoms with van der Waals surface area (Å²) in [5, 5.41) is 4.17. The molecule has 0 unspecified atom stereocenters. The molecule has 20 heteroatoms. The van der Waals surface area contributed by atoms with Crippen LogP contribution in [0.1, 0.15) is 55.2 Å². The van der Waals surface area contributed by atoms with Gasteiger partial charge in [0.15, 0.2) is 0 Å². The van der Waals surface area contributed by atoms with Crippen molar-refractivity contribution in [1.29, 1.82) is 0 Å². The van der Waals surface area contributed by atoms with Crippen molar-refractivity contribution < 1.29 is 4.74 Å². The van der Waals surface area contributed by atoms with Crippen molar-refractivity contribution in [2.24, 2.45) is 0 Å². The number of para-hydroxylation sites is 2. The van der Waals surface area contributed by atoms with E-state index in [1.54, 1.807) is 0 Å². The lowest BCUT2D eigenvalue weighted by molar-refractivity contribution is 0.487. The molecule has 2 nitrogen and oxygen atoms in total. The molecule has 62 heavy (non-hydrogen) atoms. The SMILES string of the molecule is Cl[Si]1(Cl)CCC1.Cl[Si]1(Cl)CCCC1.Cl[Si]1(Cl)CCCCC1.Cl[Si]1(Cl)Cc2ccccc2C1.Cl[Si]1(Cl)Cc2ccnc3cccc1c23.Cl[Si]1(Cl)c2ccccc2Oc2ccccc21. The van der Waals surface area contributed by atoms with Gasteiger partial charge in [0, 0.05) is 22.0 Å². The molecule has 3 saturated heterocycles. The Hall–Kier alpha value is 0.871. The average Bonchev–Trinajstić information content (AvgIpc) is 3.86. The van der Waals surface area contributed by atoms with Gasteiger partial charge >= 0.3 is 6.69 Å². The van der Waals surface area contributed by atoms with Gasteiger partial charge in [0.1, 0.15) is 11.5 Å². The zero-order valence-electron chi connectivity index (χ0n) is 33.8. The second kappa shape index (κ2) is 22.5. The van der Waals surface area contributed by atoms with Gasteiger partial charge in [0.2, 0.25) is 0 Å². The van der Waals surface area contributed by atoms with Crippen molar-refractivity contribution in [3.8, 4) is 11.5 Å². The summed E-state index contributed by atoms with van der Waals surface area (Å²) >= 11 is 73.3. The first-order valence-electron chi connectivity index (χ1n) is 20.7. The molecule has 7 heterocycles. The van der Waals surface area contributed by atoms with Crippen LogP contribution in [0.3, 0.4) is 0 Å². The van der Waals surface area contributed by atoms with E-state index in [4.69, 9.17) is 138 Å². The highest BCUT2D eigenvalue weighted by atomic mass is 35.7. The fourth-order valence-corrected chi connectivity index (χ4v) is 28.2. The Morgan fingerprint density at radius 3 is 1.27 bits per heavy atom. The molecule has 0 amide bonds. The molecule has 334 valence electrons. The van der Waals surface area contributed by atoms with Gasteiger partial charge < -0.3 is 4.74 Å². The molecule has 1 aromatic heterocycles. The highest BCUT2D eigenvalue weighted by molar-refractivity contribution is 7.56. The zero-order chi connectivity index (χ0) is 44.8. The summed E-state index contributed by atoms with van der Waals surface area (Å²) < 4.78 is 5.78. The number of aromatic nitrogens is 1. The number of halogens is 12. The topological polar surface area (TPSA) is 22.1 Å². The molecular weight excluding hydrogens is 1130 g/mol. The predicted octanol–water partition coefficient (Wildman–Crippen LogP) is 16.2. The molecule has 0 atom stereocenters. The second-order valence-electron chi connectivity index (χ2n) is 16.4. The number of ether oxygens (including phenoxy) is 1. The lowest BCUT2D eigenvalue weighted by atomic mass is 10.1. The van der Waals surface area contributed by atoms with Gasteiger partial charge in [-0.15, -0.1) is 133 Å². The molecule has 5 aromatic rings. The Bertz CT molecular complexity index is 2200. The second-order valence-corrected chi connectivity index (χ2v) is 59.6. The molecule has 0 N–H and O–H groups in total. The third-order valence-electron chi connectivity index (χ3n) is 11.4. The molecule has 11 rings (SSSR count). The average molecular weight is 1180 g/mol. The highest BCUT2D eigenvalue weighted by Crippen LogP contribution is 2.39. The Morgan fingerprint density at radius 1 is 0.387 bits per heavy atom. The van der Waals surface area contributed by atoms with Crippen LogP contribution in [-0.4, -0.2) is 45.1 Å². The van der Waals surface area contributed by atoms with Crippen molar-refractivity contribution in [1.82, 2.24) is 4.98 Å². The lowest BCUT2D eigenvalue weighted by Crippen LogP contribution is -2.52. The van der Waals surface area contributed by atoms with Crippen LogP contribution in [0.15, 0.2) is 103 Å². The van der Waals surface area contributed by atoms with Crippen LogP contribution >= 0.6 is 133 Å². The van der Waals surface area contributed by atoms with Gasteiger partial charge in [-0.2, -0.15) is 0 Å². The molecule has 4 aromatic carbocycles. The van der Waals surface area contributed by atoms with E-state index in [2.05, 4.69) is 17.1 Å². The number of benzene rings is 4. The van der Waals surface area contributed by atoms with E-state index in [0.29, 0.717) is 0 Å². The summed E-state index contributed by atoms with van der Waals surface area (Å²) in [6.45, 7) is -11.5. The molecule has 6 aliphatic heterocycles. The Balaban J connectivity index is 0.000000128. The lowest BCUT2D eigenvalue weighted by Gasteiger charge is -2.28. The molecule has 0 bridgehead atoms. The fourth-order valence-electron chi connectivity index (χ4n) is 7.88. The largest absolute Gasteiger partial charge is 0.457 e. The van der Waals surface area contributed by atoms with Crippen LogP contribution in [0.4, 0.5) is 0 Å². The van der Waals surface area contributed by atoms with Crippen molar-refractivity contribution in [2.45, 2.75) is 92.9 Å². The summed E-state index contributed by atoms with van der Waals surface area (Å²) in [5.41, 5.74) is 4.96. The first-order valence-corrected chi connectivity index (χ1v) is 46.8. The molecule has 3 fully saturated rings. The van der Waals surface area contributed by atoms with Crippen molar-refractivity contribution in [2.75, 3.05) is 0 Å². The molecular formula is C42H47Cl12NOSi6. The minimum atomic E-state index is -2.61. The molecule has 6 aliphatic rings. The van der Waals surface area contributed by atoms with Crippen LogP contribution in [0, 0.1) is 0 Å². The fraction of sp³-hybridized carbons (Fsp3) is 0.357. The van der Waals surface area contributed by atoms with Crippen molar-refractivity contribution >= 4 is 200 Å². The maximum atomic E-state index is 6.56. The van der Waals surface area contributed by atoms with E-state index in [-0.39, 0.29) is 0 Å². The predicted molar refractivity (Wildman–Crippen MR) is 292 cm³/mol. The van der Waals surface area contributed by atoms with Gasteiger partial charge in [0.25, 0.3) is 33.5 Å². The monoisotopic (exact) mass is 1170 g/mol.